The van der Waals surface area contributed by atoms with E-state index in [-0.39, 0.29) is 11.3 Å². The third-order valence-corrected chi connectivity index (χ3v) is 5.75. The van der Waals surface area contributed by atoms with Crippen LogP contribution in [0.4, 0.5) is 0 Å². The van der Waals surface area contributed by atoms with Gasteiger partial charge in [-0.15, -0.1) is 0 Å². The van der Waals surface area contributed by atoms with Gasteiger partial charge in [0.2, 0.25) is 0 Å². The van der Waals surface area contributed by atoms with Crippen LogP contribution in [0.2, 0.25) is 0 Å². The molecule has 0 aromatic heterocycles. The summed E-state index contributed by atoms with van der Waals surface area (Å²) in [6.07, 6.45) is 5.41. The molecular weight excluding hydrogens is 338 g/mol. The van der Waals surface area contributed by atoms with Crippen molar-refractivity contribution < 1.29 is 9.90 Å². The lowest BCUT2D eigenvalue weighted by molar-refractivity contribution is -0.140. The van der Waals surface area contributed by atoms with Crippen molar-refractivity contribution in [2.75, 3.05) is 33.4 Å². The molecular formula is C22H37N3O2. The van der Waals surface area contributed by atoms with Crippen molar-refractivity contribution in [2.45, 2.75) is 53.6 Å². The standard InChI is InChI=1S/C22H37N3O2/c1-15(2)7-20(26)21(27)24-10-17-8-16(9-18(17)11-24)19-12-23(6)14-25(19)13-22(3,4)5/h8,12,15,17-18,20,26H,7,9-11,13-14H2,1-6H3. The third-order valence-electron chi connectivity index (χ3n) is 5.75. The van der Waals surface area contributed by atoms with E-state index in [1.807, 2.05) is 18.7 Å². The molecule has 1 aliphatic carbocycles. The second kappa shape index (κ2) is 7.50. The molecule has 0 aromatic rings. The Labute approximate surface area is 164 Å². The topological polar surface area (TPSA) is 47.0 Å². The van der Waals surface area contributed by atoms with E-state index in [2.05, 4.69) is 49.9 Å². The highest BCUT2D eigenvalue weighted by Crippen LogP contribution is 2.42. The van der Waals surface area contributed by atoms with E-state index in [1.54, 1.807) is 0 Å². The number of rotatable bonds is 5. The van der Waals surface area contributed by atoms with Crippen molar-refractivity contribution >= 4 is 5.91 Å². The van der Waals surface area contributed by atoms with Gasteiger partial charge in [0.1, 0.15) is 6.10 Å². The molecule has 1 amide bonds. The molecule has 3 rings (SSSR count). The summed E-state index contributed by atoms with van der Waals surface area (Å²) >= 11 is 0. The van der Waals surface area contributed by atoms with Crippen molar-refractivity contribution in [1.29, 1.82) is 0 Å². The smallest absolute Gasteiger partial charge is 0.251 e. The quantitative estimate of drug-likeness (QED) is 0.803. The number of carbonyl (C=O) groups excluding carboxylic acids is 1. The van der Waals surface area contributed by atoms with Crippen LogP contribution < -0.4 is 0 Å². The van der Waals surface area contributed by atoms with Gasteiger partial charge in [0.15, 0.2) is 0 Å². The zero-order valence-corrected chi connectivity index (χ0v) is 17.9. The Kier molecular flexibility index (Phi) is 5.62. The number of aliphatic hydroxyl groups excluding tert-OH is 1. The summed E-state index contributed by atoms with van der Waals surface area (Å²) in [6, 6.07) is 0. The summed E-state index contributed by atoms with van der Waals surface area (Å²) in [4.78, 5) is 19.2. The number of hydrogen-bond acceptors (Lipinski definition) is 4. The number of likely N-dealkylation sites (tertiary alicyclic amines) is 1. The molecule has 2 aliphatic heterocycles. The molecule has 0 radical (unpaired) electrons. The molecule has 27 heavy (non-hydrogen) atoms. The monoisotopic (exact) mass is 375 g/mol. The Balaban J connectivity index is 1.64. The molecule has 3 unspecified atom stereocenters. The molecule has 1 fully saturated rings. The molecule has 0 aromatic carbocycles. The Hall–Kier alpha value is -1.49. The highest BCUT2D eigenvalue weighted by molar-refractivity contribution is 5.81. The average molecular weight is 376 g/mol. The van der Waals surface area contributed by atoms with Crippen LogP contribution in [0.25, 0.3) is 0 Å². The lowest BCUT2D eigenvalue weighted by atomic mass is 9.95. The first-order chi connectivity index (χ1) is 12.5. The second-order valence-corrected chi connectivity index (χ2v) is 10.4. The first-order valence-electron chi connectivity index (χ1n) is 10.4. The number of nitrogens with zero attached hydrogens (tertiary/aromatic N) is 3. The van der Waals surface area contributed by atoms with Gasteiger partial charge in [-0.1, -0.05) is 40.7 Å². The van der Waals surface area contributed by atoms with Crippen molar-refractivity contribution in [3.05, 3.63) is 23.5 Å². The van der Waals surface area contributed by atoms with E-state index < -0.39 is 6.10 Å². The number of fused-ring (bicyclic) bond motifs is 1. The van der Waals surface area contributed by atoms with E-state index in [0.717, 1.165) is 32.7 Å². The third kappa shape index (κ3) is 4.68. The van der Waals surface area contributed by atoms with E-state index >= 15 is 0 Å². The predicted molar refractivity (Wildman–Crippen MR) is 109 cm³/mol. The molecule has 1 N–H and O–H groups in total. The van der Waals surface area contributed by atoms with Crippen molar-refractivity contribution in [3.63, 3.8) is 0 Å². The van der Waals surface area contributed by atoms with E-state index in [0.29, 0.717) is 24.2 Å². The van der Waals surface area contributed by atoms with Gasteiger partial charge in [-0.3, -0.25) is 4.79 Å². The van der Waals surface area contributed by atoms with Gasteiger partial charge in [0, 0.05) is 32.9 Å². The van der Waals surface area contributed by atoms with Gasteiger partial charge in [0.05, 0.1) is 12.4 Å². The fourth-order valence-electron chi connectivity index (χ4n) is 4.71. The maximum atomic E-state index is 12.5. The Morgan fingerprint density at radius 2 is 2.00 bits per heavy atom. The van der Waals surface area contributed by atoms with Crippen molar-refractivity contribution in [3.8, 4) is 0 Å². The van der Waals surface area contributed by atoms with Crippen molar-refractivity contribution in [2.24, 2.45) is 23.2 Å². The largest absolute Gasteiger partial charge is 0.383 e. The molecule has 152 valence electrons. The van der Waals surface area contributed by atoms with Crippen LogP contribution in [-0.4, -0.2) is 65.2 Å². The molecule has 0 bridgehead atoms. The molecule has 5 heteroatoms. The molecule has 5 nitrogen and oxygen atoms in total. The van der Waals surface area contributed by atoms with Crippen LogP contribution >= 0.6 is 0 Å². The lowest BCUT2D eigenvalue weighted by Gasteiger charge is -2.31. The average Bonchev–Trinajstić information content (AvgIpc) is 3.16. The number of hydrogen-bond donors (Lipinski definition) is 1. The Morgan fingerprint density at radius 1 is 1.30 bits per heavy atom. The zero-order chi connectivity index (χ0) is 19.9. The van der Waals surface area contributed by atoms with E-state index in [1.165, 1.54) is 11.3 Å². The van der Waals surface area contributed by atoms with E-state index in [4.69, 9.17) is 0 Å². The summed E-state index contributed by atoms with van der Waals surface area (Å²) in [7, 11) is 2.13. The molecule has 0 spiro atoms. The molecule has 2 heterocycles. The number of aliphatic hydroxyl groups is 1. The number of amides is 1. The fraction of sp³-hybridized carbons (Fsp3) is 0.773. The highest BCUT2D eigenvalue weighted by atomic mass is 16.3. The van der Waals surface area contributed by atoms with Crippen LogP contribution in [0.15, 0.2) is 23.5 Å². The van der Waals surface area contributed by atoms with Crippen LogP contribution in [0.3, 0.4) is 0 Å². The Morgan fingerprint density at radius 3 is 2.59 bits per heavy atom. The summed E-state index contributed by atoms with van der Waals surface area (Å²) in [5.41, 5.74) is 3.06. The van der Waals surface area contributed by atoms with Gasteiger partial charge in [0.25, 0.3) is 5.91 Å². The SMILES string of the molecule is CC(C)CC(O)C(=O)N1CC2C=C(C3=CN(C)CN3CC(C)(C)C)CC2C1. The predicted octanol–water partition coefficient (Wildman–Crippen LogP) is 2.89. The van der Waals surface area contributed by atoms with Crippen molar-refractivity contribution in [1.82, 2.24) is 14.7 Å². The highest BCUT2D eigenvalue weighted by Gasteiger charge is 2.41. The summed E-state index contributed by atoms with van der Waals surface area (Å²) in [5, 5.41) is 10.2. The van der Waals surface area contributed by atoms with Gasteiger partial charge in [-0.05, 0) is 41.6 Å². The minimum Gasteiger partial charge on any atom is -0.383 e. The fourth-order valence-corrected chi connectivity index (χ4v) is 4.71. The summed E-state index contributed by atoms with van der Waals surface area (Å²) < 4.78 is 0. The summed E-state index contributed by atoms with van der Waals surface area (Å²) in [6.45, 7) is 14.5. The lowest BCUT2D eigenvalue weighted by Crippen LogP contribution is -2.38. The van der Waals surface area contributed by atoms with Crippen LogP contribution in [-0.2, 0) is 4.79 Å². The van der Waals surface area contributed by atoms with Gasteiger partial charge in [-0.2, -0.15) is 0 Å². The van der Waals surface area contributed by atoms with E-state index in [9.17, 15) is 9.90 Å². The number of allylic oxidation sites excluding steroid dienone is 1. The summed E-state index contributed by atoms with van der Waals surface area (Å²) in [5.74, 6) is 1.18. The zero-order valence-electron chi connectivity index (χ0n) is 17.9. The first-order valence-corrected chi connectivity index (χ1v) is 10.4. The minimum absolute atomic E-state index is 0.0813. The maximum absolute atomic E-state index is 12.5. The minimum atomic E-state index is -0.847. The second-order valence-electron chi connectivity index (χ2n) is 10.4. The Bertz CT molecular complexity index is 632. The van der Waals surface area contributed by atoms with Gasteiger partial charge < -0.3 is 19.8 Å². The first kappa shape index (κ1) is 20.2. The molecule has 1 saturated heterocycles. The normalized spacial score (nSPS) is 26.6. The molecule has 0 saturated carbocycles. The van der Waals surface area contributed by atoms with Gasteiger partial charge >= 0.3 is 0 Å². The molecule has 3 aliphatic rings. The van der Waals surface area contributed by atoms with Gasteiger partial charge in [-0.25, -0.2) is 0 Å². The molecule has 3 atom stereocenters. The van der Waals surface area contributed by atoms with Crippen LogP contribution in [0, 0.1) is 23.2 Å². The number of carbonyl (C=O) groups is 1. The van der Waals surface area contributed by atoms with Crippen LogP contribution in [0.5, 0.6) is 0 Å². The maximum Gasteiger partial charge on any atom is 0.251 e. The van der Waals surface area contributed by atoms with Crippen LogP contribution in [0.1, 0.15) is 47.5 Å².